The Balaban J connectivity index is 2.59. The molecule has 0 radical (unpaired) electrons. The zero-order chi connectivity index (χ0) is 15.8. The van der Waals surface area contributed by atoms with Gasteiger partial charge in [0.25, 0.3) is 10.0 Å². The first-order chi connectivity index (χ1) is 9.66. The summed E-state index contributed by atoms with van der Waals surface area (Å²) in [5, 5.41) is 0. The highest BCUT2D eigenvalue weighted by molar-refractivity contribution is 9.13. The van der Waals surface area contributed by atoms with E-state index in [1.807, 2.05) is 0 Å². The average Bonchev–Trinajstić information content (AvgIpc) is 2.43. The second-order valence-corrected chi connectivity index (χ2v) is 9.06. The number of rotatable bonds is 2. The lowest BCUT2D eigenvalue weighted by molar-refractivity contribution is -0.114. The number of sulfonamides is 1. The fourth-order valence-electron chi connectivity index (χ4n) is 2.05. The smallest absolute Gasteiger partial charge is 0.282 e. The first-order valence-corrected chi connectivity index (χ1v) is 9.27. The molecule has 1 aliphatic rings. The molecule has 2 rings (SSSR count). The zero-order valence-corrected chi connectivity index (χ0v) is 15.4. The van der Waals surface area contributed by atoms with Gasteiger partial charge in [-0.05, 0) is 37.6 Å². The molecule has 2 unspecified atom stereocenters. The highest BCUT2D eigenvalue weighted by Gasteiger charge is 2.43. The number of halogens is 2. The first-order valence-electron chi connectivity index (χ1n) is 6.12. The highest BCUT2D eigenvalue weighted by Crippen LogP contribution is 2.37. The Morgan fingerprint density at radius 2 is 1.81 bits per heavy atom. The van der Waals surface area contributed by atoms with E-state index in [4.69, 9.17) is 0 Å². The maximum atomic E-state index is 12.4. The molecule has 1 aromatic carbocycles. The van der Waals surface area contributed by atoms with Crippen LogP contribution in [0.5, 0.6) is 0 Å². The molecule has 7 heteroatoms. The molecule has 0 saturated carbocycles. The number of benzene rings is 1. The van der Waals surface area contributed by atoms with E-state index in [0.717, 1.165) is 0 Å². The number of carbonyl (C=O) groups is 1. The van der Waals surface area contributed by atoms with Crippen molar-refractivity contribution in [1.82, 2.24) is 0 Å². The van der Waals surface area contributed by atoms with E-state index < -0.39 is 19.2 Å². The van der Waals surface area contributed by atoms with Gasteiger partial charge in [-0.1, -0.05) is 50.1 Å². The molecule has 0 bridgehead atoms. The van der Waals surface area contributed by atoms with Crippen LogP contribution in [0.15, 0.2) is 51.3 Å². The summed E-state index contributed by atoms with van der Waals surface area (Å²) in [4.78, 5) is 11.4. The van der Waals surface area contributed by atoms with Crippen LogP contribution in [-0.2, 0) is 14.8 Å². The van der Waals surface area contributed by atoms with Crippen molar-refractivity contribution in [3.05, 3.63) is 42.0 Å². The molecule has 0 N–H and O–H groups in total. The Bertz CT molecular complexity index is 737. The highest BCUT2D eigenvalue weighted by atomic mass is 79.9. The molecule has 0 spiro atoms. The molecule has 0 heterocycles. The van der Waals surface area contributed by atoms with E-state index in [2.05, 4.69) is 36.3 Å². The number of carbonyl (C=O) groups excluding carboxylic acids is 1. The maximum Gasteiger partial charge on any atom is 0.282 e. The summed E-state index contributed by atoms with van der Waals surface area (Å²) in [5.74, 6) is -0.122. The number of nitrogens with zero attached hydrogens (tertiary/aromatic N) is 1. The van der Waals surface area contributed by atoms with Gasteiger partial charge in [0, 0.05) is 0 Å². The van der Waals surface area contributed by atoms with E-state index in [0.29, 0.717) is 11.3 Å². The number of alkyl halides is 2. The molecule has 1 aliphatic carbocycles. The summed E-state index contributed by atoms with van der Waals surface area (Å²) in [6.07, 6.45) is 1.40. The molecule has 0 saturated heterocycles. The molecule has 0 aliphatic heterocycles. The molecular formula is C14H13Br2NO3S. The van der Waals surface area contributed by atoms with Crippen LogP contribution in [0.2, 0.25) is 0 Å². The quantitative estimate of drug-likeness (QED) is 0.671. The second-order valence-electron chi connectivity index (χ2n) is 4.90. The fourth-order valence-corrected chi connectivity index (χ4v) is 4.33. The standard InChI is InChI=1S/C14H13Br2NO3S/c1-9-8-11(18)12(15)14(2,16)13(9)17-21(19,20)10-6-4-3-5-7-10/h3-8,12H,1-2H3/b17-13+. The lowest BCUT2D eigenvalue weighted by Gasteiger charge is -2.32. The van der Waals surface area contributed by atoms with E-state index in [9.17, 15) is 13.2 Å². The summed E-state index contributed by atoms with van der Waals surface area (Å²) >= 11 is 6.72. The Morgan fingerprint density at radius 3 is 2.38 bits per heavy atom. The lowest BCUT2D eigenvalue weighted by atomic mass is 9.88. The van der Waals surface area contributed by atoms with Gasteiger partial charge in [0.05, 0.1) is 19.8 Å². The summed E-state index contributed by atoms with van der Waals surface area (Å²) < 4.78 is 27.8. The van der Waals surface area contributed by atoms with Gasteiger partial charge < -0.3 is 0 Å². The molecule has 0 fully saturated rings. The Labute approximate surface area is 140 Å². The maximum absolute atomic E-state index is 12.4. The van der Waals surface area contributed by atoms with Gasteiger partial charge in [-0.2, -0.15) is 12.8 Å². The molecule has 0 amide bonds. The van der Waals surface area contributed by atoms with Gasteiger partial charge in [0.1, 0.15) is 0 Å². The van der Waals surface area contributed by atoms with E-state index in [1.54, 1.807) is 32.0 Å². The minimum absolute atomic E-state index is 0.122. The van der Waals surface area contributed by atoms with Crippen molar-refractivity contribution < 1.29 is 13.2 Å². The van der Waals surface area contributed by atoms with E-state index in [-0.39, 0.29) is 10.7 Å². The van der Waals surface area contributed by atoms with E-state index >= 15 is 0 Å². The molecule has 21 heavy (non-hydrogen) atoms. The third-order valence-corrected chi connectivity index (χ3v) is 7.28. The fraction of sp³-hybridized carbons (Fsp3) is 0.286. The molecule has 1 aromatic rings. The summed E-state index contributed by atoms with van der Waals surface area (Å²) in [6, 6.07) is 7.99. The normalized spacial score (nSPS) is 28.6. The summed E-state index contributed by atoms with van der Waals surface area (Å²) in [6.45, 7) is 3.40. The molecule has 0 aromatic heterocycles. The zero-order valence-electron chi connectivity index (χ0n) is 11.4. The van der Waals surface area contributed by atoms with Gasteiger partial charge in [-0.25, -0.2) is 0 Å². The number of hydrogen-bond donors (Lipinski definition) is 0. The van der Waals surface area contributed by atoms with Crippen molar-refractivity contribution >= 4 is 53.4 Å². The molecular weight excluding hydrogens is 422 g/mol. The van der Waals surface area contributed by atoms with Crippen molar-refractivity contribution in [2.75, 3.05) is 0 Å². The third kappa shape index (κ3) is 3.19. The van der Waals surface area contributed by atoms with Crippen molar-refractivity contribution in [3.63, 3.8) is 0 Å². The number of ketones is 1. The first kappa shape index (κ1) is 16.6. The SMILES string of the molecule is CC1=CC(=O)C(Br)C(C)(Br)/C1=N/S(=O)(=O)c1ccccc1. The van der Waals surface area contributed by atoms with Crippen LogP contribution in [0.4, 0.5) is 0 Å². The minimum atomic E-state index is -3.82. The van der Waals surface area contributed by atoms with Crippen LogP contribution < -0.4 is 0 Å². The van der Waals surface area contributed by atoms with E-state index in [1.165, 1.54) is 18.2 Å². The number of allylic oxidation sites excluding steroid dienone is 2. The lowest BCUT2D eigenvalue weighted by Crippen LogP contribution is -2.46. The van der Waals surface area contributed by atoms with Gasteiger partial charge >= 0.3 is 0 Å². The predicted octanol–water partition coefficient (Wildman–Crippen LogP) is 3.26. The van der Waals surface area contributed by atoms with Crippen molar-refractivity contribution in [2.24, 2.45) is 4.40 Å². The summed E-state index contributed by atoms with van der Waals surface area (Å²) in [5.41, 5.74) is 0.863. The van der Waals surface area contributed by atoms with Crippen molar-refractivity contribution in [2.45, 2.75) is 27.9 Å². The largest absolute Gasteiger partial charge is 0.294 e. The number of hydrogen-bond acceptors (Lipinski definition) is 3. The molecule has 4 nitrogen and oxygen atoms in total. The van der Waals surface area contributed by atoms with Crippen LogP contribution in [0, 0.1) is 0 Å². The Morgan fingerprint density at radius 1 is 1.24 bits per heavy atom. The minimum Gasteiger partial charge on any atom is -0.294 e. The topological polar surface area (TPSA) is 63.6 Å². The van der Waals surface area contributed by atoms with Gasteiger partial charge in [-0.15, -0.1) is 0 Å². The van der Waals surface area contributed by atoms with Gasteiger partial charge in [0.15, 0.2) is 5.78 Å². The molecule has 2 atom stereocenters. The van der Waals surface area contributed by atoms with Gasteiger partial charge in [0.2, 0.25) is 0 Å². The third-order valence-electron chi connectivity index (χ3n) is 3.17. The Hall–Kier alpha value is -0.790. The van der Waals surface area contributed by atoms with Crippen LogP contribution in [0.25, 0.3) is 0 Å². The van der Waals surface area contributed by atoms with Crippen LogP contribution in [-0.4, -0.2) is 29.1 Å². The monoisotopic (exact) mass is 433 g/mol. The van der Waals surface area contributed by atoms with Gasteiger partial charge in [-0.3, -0.25) is 4.79 Å². The predicted molar refractivity (Wildman–Crippen MR) is 89.9 cm³/mol. The van der Waals surface area contributed by atoms with Crippen LogP contribution in [0.3, 0.4) is 0 Å². The summed E-state index contributed by atoms with van der Waals surface area (Å²) in [7, 11) is -3.82. The molecule has 112 valence electrons. The van der Waals surface area contributed by atoms with Crippen molar-refractivity contribution in [1.29, 1.82) is 0 Å². The Kier molecular flexibility index (Phi) is 4.56. The van der Waals surface area contributed by atoms with Crippen LogP contribution >= 0.6 is 31.9 Å². The average molecular weight is 435 g/mol. The second kappa shape index (κ2) is 5.78. The van der Waals surface area contributed by atoms with Crippen LogP contribution in [0.1, 0.15) is 13.8 Å². The van der Waals surface area contributed by atoms with Crippen molar-refractivity contribution in [3.8, 4) is 0 Å².